The van der Waals surface area contributed by atoms with Crippen LogP contribution in [0.25, 0.3) is 11.1 Å². The Morgan fingerprint density at radius 1 is 0.611 bits per heavy atom. The molecule has 2 heteroatoms. The minimum atomic E-state index is 0.427. The van der Waals surface area contributed by atoms with Gasteiger partial charge in [0.2, 0.25) is 0 Å². The zero-order valence-corrected chi connectivity index (χ0v) is 21.6. The molecule has 0 unspecified atom stereocenters. The number of anilines is 1. The number of para-hydroxylation sites is 1. The molecule has 184 valence electrons. The number of nitrogens with zero attached hydrogens (tertiary/aromatic N) is 2. The standard InChI is InChI=1S/C34H38N2/c1-27(2)22-33-25-35(24-29-12-6-3-7-13-29)26-34(36(33)32-16-10-5-11-17-32)23-28-18-20-31(21-19-28)30-14-8-4-9-15-30/h3-21,27,33-34H,22-26H2,1-2H3/t33-,34+/m0/s1. The first kappa shape index (κ1) is 24.3. The van der Waals surface area contributed by atoms with Gasteiger partial charge in [0, 0.05) is 37.4 Å². The van der Waals surface area contributed by atoms with Gasteiger partial charge in [-0.3, -0.25) is 4.90 Å². The third-order valence-electron chi connectivity index (χ3n) is 7.30. The van der Waals surface area contributed by atoms with E-state index in [4.69, 9.17) is 0 Å². The molecule has 0 saturated carbocycles. The van der Waals surface area contributed by atoms with Gasteiger partial charge in [0.15, 0.2) is 0 Å². The van der Waals surface area contributed by atoms with Crippen LogP contribution in [0.15, 0.2) is 115 Å². The van der Waals surface area contributed by atoms with Crippen LogP contribution in [0.2, 0.25) is 0 Å². The van der Waals surface area contributed by atoms with Crippen molar-refractivity contribution in [3.05, 3.63) is 126 Å². The zero-order valence-electron chi connectivity index (χ0n) is 21.6. The summed E-state index contributed by atoms with van der Waals surface area (Å²) < 4.78 is 0. The topological polar surface area (TPSA) is 6.48 Å². The van der Waals surface area contributed by atoms with E-state index in [-0.39, 0.29) is 0 Å². The molecule has 0 aliphatic carbocycles. The Morgan fingerprint density at radius 3 is 1.81 bits per heavy atom. The number of rotatable bonds is 8. The second-order valence-corrected chi connectivity index (χ2v) is 10.6. The molecule has 0 N–H and O–H groups in total. The van der Waals surface area contributed by atoms with Gasteiger partial charge in [-0.1, -0.05) is 117 Å². The molecule has 2 nitrogen and oxygen atoms in total. The zero-order chi connectivity index (χ0) is 24.7. The Hall–Kier alpha value is -3.36. The van der Waals surface area contributed by atoms with Gasteiger partial charge >= 0.3 is 0 Å². The van der Waals surface area contributed by atoms with E-state index in [0.717, 1.165) is 26.1 Å². The molecule has 0 amide bonds. The van der Waals surface area contributed by atoms with Gasteiger partial charge in [-0.15, -0.1) is 0 Å². The van der Waals surface area contributed by atoms with E-state index in [9.17, 15) is 0 Å². The maximum Gasteiger partial charge on any atom is 0.0461 e. The minimum absolute atomic E-state index is 0.427. The summed E-state index contributed by atoms with van der Waals surface area (Å²) in [4.78, 5) is 5.43. The van der Waals surface area contributed by atoms with Crippen molar-refractivity contribution in [2.45, 2.75) is 45.3 Å². The monoisotopic (exact) mass is 474 g/mol. The lowest BCUT2D eigenvalue weighted by Crippen LogP contribution is -2.59. The third kappa shape index (κ3) is 6.06. The lowest BCUT2D eigenvalue weighted by atomic mass is 9.92. The van der Waals surface area contributed by atoms with Gasteiger partial charge < -0.3 is 4.90 Å². The molecule has 36 heavy (non-hydrogen) atoms. The van der Waals surface area contributed by atoms with Crippen LogP contribution in [0.1, 0.15) is 31.4 Å². The Kier molecular flexibility index (Phi) is 7.83. The first-order valence-electron chi connectivity index (χ1n) is 13.4. The fraction of sp³-hybridized carbons (Fsp3) is 0.294. The molecular formula is C34H38N2. The van der Waals surface area contributed by atoms with Crippen LogP contribution in [0.4, 0.5) is 5.69 Å². The number of hydrogen-bond acceptors (Lipinski definition) is 2. The van der Waals surface area contributed by atoms with E-state index in [1.807, 2.05) is 0 Å². The highest BCUT2D eigenvalue weighted by Gasteiger charge is 2.35. The van der Waals surface area contributed by atoms with E-state index >= 15 is 0 Å². The van der Waals surface area contributed by atoms with Crippen LogP contribution >= 0.6 is 0 Å². The lowest BCUT2D eigenvalue weighted by Gasteiger charge is -2.49. The molecule has 1 heterocycles. The fourth-order valence-corrected chi connectivity index (χ4v) is 5.77. The molecule has 5 rings (SSSR count). The van der Waals surface area contributed by atoms with E-state index in [0.29, 0.717) is 18.0 Å². The summed E-state index contributed by atoms with van der Waals surface area (Å²) in [7, 11) is 0. The van der Waals surface area contributed by atoms with E-state index in [1.54, 1.807) is 0 Å². The Labute approximate surface area is 217 Å². The van der Waals surface area contributed by atoms with Gasteiger partial charge in [-0.2, -0.15) is 0 Å². The van der Waals surface area contributed by atoms with Crippen molar-refractivity contribution in [3.63, 3.8) is 0 Å². The molecule has 0 radical (unpaired) electrons. The summed E-state index contributed by atoms with van der Waals surface area (Å²) in [5.41, 5.74) is 6.73. The quantitative estimate of drug-likeness (QED) is 0.258. The first-order chi connectivity index (χ1) is 17.7. The van der Waals surface area contributed by atoms with Gasteiger partial charge in [0.05, 0.1) is 0 Å². The van der Waals surface area contributed by atoms with E-state index in [2.05, 4.69) is 139 Å². The summed E-state index contributed by atoms with van der Waals surface area (Å²) in [6.07, 6.45) is 2.24. The van der Waals surface area contributed by atoms with Crippen LogP contribution < -0.4 is 4.90 Å². The molecule has 0 bridgehead atoms. The summed E-state index contributed by atoms with van der Waals surface area (Å²) in [6.45, 7) is 7.90. The van der Waals surface area contributed by atoms with Crippen LogP contribution in [-0.2, 0) is 13.0 Å². The van der Waals surface area contributed by atoms with Crippen molar-refractivity contribution in [1.29, 1.82) is 0 Å². The highest BCUT2D eigenvalue weighted by Crippen LogP contribution is 2.31. The average Bonchev–Trinajstić information content (AvgIpc) is 2.90. The predicted octanol–water partition coefficient (Wildman–Crippen LogP) is 7.70. The summed E-state index contributed by atoms with van der Waals surface area (Å²) in [6, 6.07) is 42.9. The Bertz CT molecular complexity index is 1190. The molecule has 1 saturated heterocycles. The summed E-state index contributed by atoms with van der Waals surface area (Å²) in [5.74, 6) is 0.656. The second kappa shape index (κ2) is 11.6. The second-order valence-electron chi connectivity index (χ2n) is 10.6. The normalized spacial score (nSPS) is 18.5. The summed E-state index contributed by atoms with van der Waals surface area (Å²) >= 11 is 0. The highest BCUT2D eigenvalue weighted by molar-refractivity contribution is 5.63. The van der Waals surface area contributed by atoms with Crippen molar-refractivity contribution >= 4 is 5.69 Å². The molecule has 1 fully saturated rings. The summed E-state index contributed by atoms with van der Waals surface area (Å²) in [5, 5.41) is 0. The van der Waals surface area contributed by atoms with Crippen LogP contribution in [-0.4, -0.2) is 30.1 Å². The van der Waals surface area contributed by atoms with E-state index < -0.39 is 0 Å². The largest absolute Gasteiger partial charge is 0.363 e. The van der Waals surface area contributed by atoms with Gasteiger partial charge in [0.25, 0.3) is 0 Å². The van der Waals surface area contributed by atoms with Crippen LogP contribution in [0.3, 0.4) is 0 Å². The molecule has 0 aromatic heterocycles. The first-order valence-corrected chi connectivity index (χ1v) is 13.4. The number of hydrogen-bond donors (Lipinski definition) is 0. The lowest BCUT2D eigenvalue weighted by molar-refractivity contribution is 0.169. The average molecular weight is 475 g/mol. The maximum absolute atomic E-state index is 2.74. The van der Waals surface area contributed by atoms with Gasteiger partial charge in [-0.05, 0) is 53.1 Å². The van der Waals surface area contributed by atoms with Crippen molar-refractivity contribution < 1.29 is 0 Å². The Balaban J connectivity index is 1.43. The maximum atomic E-state index is 2.74. The predicted molar refractivity (Wildman–Crippen MR) is 153 cm³/mol. The molecule has 1 aliphatic rings. The van der Waals surface area contributed by atoms with Crippen LogP contribution in [0, 0.1) is 5.92 Å². The molecular weight excluding hydrogens is 436 g/mol. The number of piperazine rings is 1. The minimum Gasteiger partial charge on any atom is -0.363 e. The third-order valence-corrected chi connectivity index (χ3v) is 7.30. The van der Waals surface area contributed by atoms with Crippen molar-refractivity contribution in [1.82, 2.24) is 4.90 Å². The fourth-order valence-electron chi connectivity index (χ4n) is 5.77. The SMILES string of the molecule is CC(C)C[C@H]1CN(Cc2ccccc2)C[C@@H](Cc2ccc(-c3ccccc3)cc2)N1c1ccccc1. The smallest absolute Gasteiger partial charge is 0.0461 e. The molecule has 4 aromatic carbocycles. The highest BCUT2D eigenvalue weighted by atomic mass is 15.3. The van der Waals surface area contributed by atoms with Crippen molar-refractivity contribution in [3.8, 4) is 11.1 Å². The van der Waals surface area contributed by atoms with E-state index in [1.165, 1.54) is 34.4 Å². The number of benzene rings is 4. The van der Waals surface area contributed by atoms with Gasteiger partial charge in [0.1, 0.15) is 0 Å². The van der Waals surface area contributed by atoms with Crippen molar-refractivity contribution in [2.75, 3.05) is 18.0 Å². The molecule has 0 spiro atoms. The van der Waals surface area contributed by atoms with Crippen LogP contribution in [0.5, 0.6) is 0 Å². The molecule has 1 aliphatic heterocycles. The molecule has 2 atom stereocenters. The Morgan fingerprint density at radius 2 is 1.17 bits per heavy atom. The van der Waals surface area contributed by atoms with Crippen molar-refractivity contribution in [2.24, 2.45) is 5.92 Å². The molecule has 4 aromatic rings. The van der Waals surface area contributed by atoms with Gasteiger partial charge in [-0.25, -0.2) is 0 Å².